The first-order valence-electron chi connectivity index (χ1n) is 6.94. The first-order chi connectivity index (χ1) is 9.59. The number of likely N-dealkylation sites (N-methyl/N-ethyl adjacent to an activating group) is 1. The van der Waals surface area contributed by atoms with Crippen molar-refractivity contribution in [2.45, 2.75) is 25.8 Å². The molecular weight excluding hydrogens is 276 g/mol. The van der Waals surface area contributed by atoms with Crippen LogP contribution in [0.2, 0.25) is 5.02 Å². The first-order valence-corrected chi connectivity index (χ1v) is 7.31. The van der Waals surface area contributed by atoms with E-state index in [2.05, 4.69) is 5.32 Å². The monoisotopic (exact) mass is 296 g/mol. The lowest BCUT2D eigenvalue weighted by atomic mass is 10.1. The Labute approximate surface area is 125 Å². The van der Waals surface area contributed by atoms with E-state index < -0.39 is 0 Å². The minimum atomic E-state index is 0.0104. The van der Waals surface area contributed by atoms with Gasteiger partial charge in [-0.15, -0.1) is 0 Å². The van der Waals surface area contributed by atoms with Crippen LogP contribution in [0.1, 0.15) is 18.4 Å². The van der Waals surface area contributed by atoms with E-state index in [1.54, 1.807) is 4.90 Å². The SMILES string of the molecule is Cc1c(Cl)cccc1OCC(=O)N(C)C1CCNCC1. The quantitative estimate of drug-likeness (QED) is 0.926. The summed E-state index contributed by atoms with van der Waals surface area (Å²) in [6.07, 6.45) is 2.00. The van der Waals surface area contributed by atoms with E-state index in [1.165, 1.54) is 0 Å². The highest BCUT2D eigenvalue weighted by molar-refractivity contribution is 6.31. The Hall–Kier alpha value is -1.26. The van der Waals surface area contributed by atoms with Crippen LogP contribution in [0.15, 0.2) is 18.2 Å². The highest BCUT2D eigenvalue weighted by Gasteiger charge is 2.22. The molecule has 1 aliphatic heterocycles. The molecule has 1 amide bonds. The average molecular weight is 297 g/mol. The highest BCUT2D eigenvalue weighted by atomic mass is 35.5. The summed E-state index contributed by atoms with van der Waals surface area (Å²) < 4.78 is 5.60. The van der Waals surface area contributed by atoms with Gasteiger partial charge in [0, 0.05) is 23.7 Å². The Morgan fingerprint density at radius 3 is 2.85 bits per heavy atom. The molecule has 0 unspecified atom stereocenters. The fourth-order valence-corrected chi connectivity index (χ4v) is 2.55. The summed E-state index contributed by atoms with van der Waals surface area (Å²) in [5.74, 6) is 0.681. The smallest absolute Gasteiger partial charge is 0.260 e. The van der Waals surface area contributed by atoms with Gasteiger partial charge in [-0.3, -0.25) is 4.79 Å². The molecule has 1 heterocycles. The number of hydrogen-bond acceptors (Lipinski definition) is 3. The number of rotatable bonds is 4. The van der Waals surface area contributed by atoms with Crippen LogP contribution in [0.3, 0.4) is 0 Å². The molecule has 0 aromatic heterocycles. The summed E-state index contributed by atoms with van der Waals surface area (Å²) in [6, 6.07) is 5.78. The maximum Gasteiger partial charge on any atom is 0.260 e. The van der Waals surface area contributed by atoms with Gasteiger partial charge in [0.1, 0.15) is 5.75 Å². The van der Waals surface area contributed by atoms with Crippen molar-refractivity contribution >= 4 is 17.5 Å². The van der Waals surface area contributed by atoms with Crippen LogP contribution in [0.4, 0.5) is 0 Å². The standard InChI is InChI=1S/C15H21ClN2O2/c1-11-13(16)4-3-5-14(11)20-10-15(19)18(2)12-6-8-17-9-7-12/h3-5,12,17H,6-10H2,1-2H3. The molecule has 1 N–H and O–H groups in total. The van der Waals surface area contributed by atoms with Gasteiger partial charge in [0.25, 0.3) is 5.91 Å². The summed E-state index contributed by atoms with van der Waals surface area (Å²) in [5.41, 5.74) is 0.867. The van der Waals surface area contributed by atoms with Crippen molar-refractivity contribution in [2.75, 3.05) is 26.7 Å². The molecule has 0 atom stereocenters. The largest absolute Gasteiger partial charge is 0.483 e. The molecule has 2 rings (SSSR count). The van der Waals surface area contributed by atoms with Crippen LogP contribution < -0.4 is 10.1 Å². The molecule has 20 heavy (non-hydrogen) atoms. The van der Waals surface area contributed by atoms with Gasteiger partial charge in [0.05, 0.1) is 0 Å². The number of nitrogens with one attached hydrogen (secondary N) is 1. The van der Waals surface area contributed by atoms with Crippen molar-refractivity contribution in [1.82, 2.24) is 10.2 Å². The first kappa shape index (κ1) is 15.1. The third-order valence-corrected chi connectivity index (χ3v) is 4.23. The lowest BCUT2D eigenvalue weighted by Gasteiger charge is -2.31. The summed E-state index contributed by atoms with van der Waals surface area (Å²) >= 11 is 6.03. The van der Waals surface area contributed by atoms with Gasteiger partial charge in [0.2, 0.25) is 0 Å². The van der Waals surface area contributed by atoms with Crippen LogP contribution >= 0.6 is 11.6 Å². The molecule has 1 saturated heterocycles. The summed E-state index contributed by atoms with van der Waals surface area (Å²) in [5, 5.41) is 3.95. The van der Waals surface area contributed by atoms with E-state index in [0.717, 1.165) is 31.5 Å². The van der Waals surface area contributed by atoms with Crippen LogP contribution in [0, 0.1) is 6.92 Å². The molecule has 0 aliphatic carbocycles. The van der Waals surface area contributed by atoms with Gasteiger partial charge in [-0.05, 0) is 45.0 Å². The minimum Gasteiger partial charge on any atom is -0.483 e. The van der Waals surface area contributed by atoms with Crippen molar-refractivity contribution in [3.8, 4) is 5.75 Å². The summed E-state index contributed by atoms with van der Waals surface area (Å²) in [6.45, 7) is 3.88. The predicted octanol–water partition coefficient (Wildman–Crippen LogP) is 2.24. The Morgan fingerprint density at radius 1 is 1.45 bits per heavy atom. The zero-order valence-corrected chi connectivity index (χ0v) is 12.7. The zero-order valence-electron chi connectivity index (χ0n) is 12.0. The maximum absolute atomic E-state index is 12.2. The fraction of sp³-hybridized carbons (Fsp3) is 0.533. The van der Waals surface area contributed by atoms with Crippen molar-refractivity contribution in [3.63, 3.8) is 0 Å². The summed E-state index contributed by atoms with van der Waals surface area (Å²) in [4.78, 5) is 14.0. The number of carbonyl (C=O) groups is 1. The number of benzene rings is 1. The molecule has 0 saturated carbocycles. The van der Waals surface area contributed by atoms with E-state index in [-0.39, 0.29) is 12.5 Å². The average Bonchev–Trinajstić information content (AvgIpc) is 2.48. The molecule has 0 spiro atoms. The number of halogens is 1. The van der Waals surface area contributed by atoms with Gasteiger partial charge < -0.3 is 15.0 Å². The van der Waals surface area contributed by atoms with Gasteiger partial charge in [0.15, 0.2) is 6.61 Å². The number of ether oxygens (including phenoxy) is 1. The van der Waals surface area contributed by atoms with Crippen LogP contribution in [-0.4, -0.2) is 43.6 Å². The second-order valence-corrected chi connectivity index (χ2v) is 5.54. The molecule has 1 fully saturated rings. The van der Waals surface area contributed by atoms with Crippen molar-refractivity contribution in [1.29, 1.82) is 0 Å². The minimum absolute atomic E-state index is 0.0104. The van der Waals surface area contributed by atoms with Crippen molar-refractivity contribution < 1.29 is 9.53 Å². The predicted molar refractivity (Wildman–Crippen MR) is 80.3 cm³/mol. The molecule has 110 valence electrons. The van der Waals surface area contributed by atoms with Crippen molar-refractivity contribution in [3.05, 3.63) is 28.8 Å². The molecule has 0 bridgehead atoms. The third kappa shape index (κ3) is 3.64. The zero-order chi connectivity index (χ0) is 14.5. The Morgan fingerprint density at radius 2 is 2.15 bits per heavy atom. The van der Waals surface area contributed by atoms with E-state index in [4.69, 9.17) is 16.3 Å². The molecule has 1 aromatic carbocycles. The van der Waals surface area contributed by atoms with E-state index in [9.17, 15) is 4.79 Å². The highest BCUT2D eigenvalue weighted by Crippen LogP contribution is 2.25. The number of piperidine rings is 1. The molecule has 4 nitrogen and oxygen atoms in total. The van der Waals surface area contributed by atoms with Gasteiger partial charge in [-0.1, -0.05) is 17.7 Å². The molecular formula is C15H21ClN2O2. The number of amides is 1. The van der Waals surface area contributed by atoms with Gasteiger partial charge >= 0.3 is 0 Å². The van der Waals surface area contributed by atoms with Crippen LogP contribution in [0.25, 0.3) is 0 Å². The maximum atomic E-state index is 12.2. The molecule has 5 heteroatoms. The molecule has 1 aromatic rings. The number of hydrogen-bond donors (Lipinski definition) is 1. The third-order valence-electron chi connectivity index (χ3n) is 3.82. The van der Waals surface area contributed by atoms with E-state index in [1.807, 2.05) is 32.2 Å². The lowest BCUT2D eigenvalue weighted by molar-refractivity contribution is -0.134. The van der Waals surface area contributed by atoms with Gasteiger partial charge in [-0.2, -0.15) is 0 Å². The second kappa shape index (κ2) is 6.95. The number of carbonyl (C=O) groups excluding carboxylic acids is 1. The Bertz CT molecular complexity index is 473. The second-order valence-electron chi connectivity index (χ2n) is 5.14. The fourth-order valence-electron chi connectivity index (χ4n) is 2.38. The van der Waals surface area contributed by atoms with Gasteiger partial charge in [-0.25, -0.2) is 0 Å². The topological polar surface area (TPSA) is 41.6 Å². The van der Waals surface area contributed by atoms with Crippen LogP contribution in [0.5, 0.6) is 5.75 Å². The Balaban J connectivity index is 1.89. The van der Waals surface area contributed by atoms with E-state index >= 15 is 0 Å². The number of nitrogens with zero attached hydrogens (tertiary/aromatic N) is 1. The normalized spacial score (nSPS) is 15.9. The lowest BCUT2D eigenvalue weighted by Crippen LogP contribution is -2.45. The van der Waals surface area contributed by atoms with Crippen molar-refractivity contribution in [2.24, 2.45) is 0 Å². The van der Waals surface area contributed by atoms with E-state index in [0.29, 0.717) is 16.8 Å². The van der Waals surface area contributed by atoms with Crippen LogP contribution in [-0.2, 0) is 4.79 Å². The molecule has 0 radical (unpaired) electrons. The summed E-state index contributed by atoms with van der Waals surface area (Å²) in [7, 11) is 1.85. The Kier molecular flexibility index (Phi) is 5.26. The molecule has 1 aliphatic rings.